The molecule has 2 N–H and O–H groups in total. The molecule has 3 nitrogen and oxygen atoms in total. The fraction of sp³-hybridized carbons (Fsp3) is 0.100. The third-order valence-corrected chi connectivity index (χ3v) is 2.46. The molecule has 8 heteroatoms. The van der Waals surface area contributed by atoms with Gasteiger partial charge in [0.1, 0.15) is 5.82 Å². The molecular formula is C10H6F5N3. The van der Waals surface area contributed by atoms with Crippen LogP contribution in [0.25, 0.3) is 11.1 Å². The molecule has 2 aromatic rings. The van der Waals surface area contributed by atoms with Gasteiger partial charge in [-0.3, -0.25) is 4.68 Å². The molecule has 1 aromatic heterocycles. The smallest absolute Gasteiger partial charge is 0.200 e. The van der Waals surface area contributed by atoms with Gasteiger partial charge in [0.05, 0.1) is 11.8 Å². The van der Waals surface area contributed by atoms with E-state index in [-0.39, 0.29) is 11.4 Å². The summed E-state index contributed by atoms with van der Waals surface area (Å²) in [5.41, 5.74) is 4.00. The zero-order valence-corrected chi connectivity index (χ0v) is 8.94. The Balaban J connectivity index is 2.84. The molecule has 0 unspecified atom stereocenters. The van der Waals surface area contributed by atoms with Gasteiger partial charge in [-0.2, -0.15) is 5.10 Å². The van der Waals surface area contributed by atoms with Crippen LogP contribution < -0.4 is 5.73 Å². The standard InChI is InChI=1S/C10H6F5N3/c1-18-10(16)3(2-17-18)4-5(11)7(13)9(15)8(14)6(4)12/h2H,16H2,1H3. The van der Waals surface area contributed by atoms with Crippen LogP contribution in [-0.2, 0) is 7.05 Å². The first-order chi connectivity index (χ1) is 8.36. The fourth-order valence-electron chi connectivity index (χ4n) is 1.48. The van der Waals surface area contributed by atoms with E-state index in [4.69, 9.17) is 5.73 Å². The first-order valence-electron chi connectivity index (χ1n) is 4.65. The molecule has 96 valence electrons. The van der Waals surface area contributed by atoms with Crippen molar-refractivity contribution in [3.05, 3.63) is 35.3 Å². The lowest BCUT2D eigenvalue weighted by Gasteiger charge is -2.07. The summed E-state index contributed by atoms with van der Waals surface area (Å²) < 4.78 is 66.8. The molecule has 2 rings (SSSR count). The van der Waals surface area contributed by atoms with Crippen molar-refractivity contribution in [2.75, 3.05) is 5.73 Å². The monoisotopic (exact) mass is 263 g/mol. The summed E-state index contributed by atoms with van der Waals surface area (Å²) in [6, 6.07) is 0. The van der Waals surface area contributed by atoms with Crippen molar-refractivity contribution in [2.24, 2.45) is 7.05 Å². The maximum atomic E-state index is 13.5. The molecule has 0 spiro atoms. The summed E-state index contributed by atoms with van der Waals surface area (Å²) in [7, 11) is 1.37. The lowest BCUT2D eigenvalue weighted by molar-refractivity contribution is 0.381. The van der Waals surface area contributed by atoms with Gasteiger partial charge in [0, 0.05) is 12.6 Å². The van der Waals surface area contributed by atoms with E-state index < -0.39 is 34.6 Å². The van der Waals surface area contributed by atoms with Gasteiger partial charge in [0.25, 0.3) is 0 Å². The number of hydrogen-bond acceptors (Lipinski definition) is 2. The zero-order chi connectivity index (χ0) is 13.6. The number of hydrogen-bond donors (Lipinski definition) is 1. The van der Waals surface area contributed by atoms with Crippen LogP contribution in [0.1, 0.15) is 0 Å². The van der Waals surface area contributed by atoms with Crippen LogP contribution in [0.2, 0.25) is 0 Å². The predicted octanol–water partition coefficient (Wildman–Crippen LogP) is 2.36. The van der Waals surface area contributed by atoms with E-state index in [9.17, 15) is 22.0 Å². The summed E-state index contributed by atoms with van der Waals surface area (Å²) in [5, 5.41) is 3.58. The van der Waals surface area contributed by atoms with Gasteiger partial charge in [0.15, 0.2) is 23.3 Å². The van der Waals surface area contributed by atoms with Crippen LogP contribution in [0, 0.1) is 29.1 Å². The van der Waals surface area contributed by atoms with Crippen LogP contribution in [0.15, 0.2) is 6.20 Å². The fourth-order valence-corrected chi connectivity index (χ4v) is 1.48. The van der Waals surface area contributed by atoms with Crippen molar-refractivity contribution in [1.29, 1.82) is 0 Å². The lowest BCUT2D eigenvalue weighted by atomic mass is 10.1. The maximum absolute atomic E-state index is 13.5. The molecule has 0 aliphatic heterocycles. The van der Waals surface area contributed by atoms with E-state index in [1.54, 1.807) is 0 Å². The van der Waals surface area contributed by atoms with E-state index in [2.05, 4.69) is 5.10 Å². The van der Waals surface area contributed by atoms with E-state index in [0.29, 0.717) is 0 Å². The molecule has 0 aliphatic carbocycles. The Morgan fingerprint density at radius 2 is 1.39 bits per heavy atom. The molecule has 0 radical (unpaired) electrons. The first kappa shape index (κ1) is 12.3. The Morgan fingerprint density at radius 1 is 0.944 bits per heavy atom. The SMILES string of the molecule is Cn1ncc(-c2c(F)c(F)c(F)c(F)c2F)c1N. The molecule has 0 saturated heterocycles. The molecule has 0 bridgehead atoms. The Morgan fingerprint density at radius 3 is 1.78 bits per heavy atom. The second-order valence-electron chi connectivity index (χ2n) is 3.51. The molecule has 1 heterocycles. The number of nitrogens with zero attached hydrogens (tertiary/aromatic N) is 2. The van der Waals surface area contributed by atoms with Crippen molar-refractivity contribution in [3.63, 3.8) is 0 Å². The number of aryl methyl sites for hydroxylation is 1. The lowest BCUT2D eigenvalue weighted by Crippen LogP contribution is -2.05. The quantitative estimate of drug-likeness (QED) is 0.487. The Hall–Kier alpha value is -2.12. The average molecular weight is 263 g/mol. The van der Waals surface area contributed by atoms with Crippen molar-refractivity contribution in [3.8, 4) is 11.1 Å². The number of nitrogen functional groups attached to an aromatic ring is 1. The number of anilines is 1. The normalized spacial score (nSPS) is 11.0. The van der Waals surface area contributed by atoms with Gasteiger partial charge in [0.2, 0.25) is 5.82 Å². The van der Waals surface area contributed by atoms with E-state index in [1.165, 1.54) is 7.05 Å². The second kappa shape index (κ2) is 3.97. The molecule has 0 aliphatic rings. The second-order valence-corrected chi connectivity index (χ2v) is 3.51. The molecule has 18 heavy (non-hydrogen) atoms. The van der Waals surface area contributed by atoms with E-state index in [1.807, 2.05) is 0 Å². The third kappa shape index (κ3) is 1.52. The van der Waals surface area contributed by atoms with Crippen molar-refractivity contribution in [1.82, 2.24) is 9.78 Å². The van der Waals surface area contributed by atoms with Crippen molar-refractivity contribution in [2.45, 2.75) is 0 Å². The number of benzene rings is 1. The van der Waals surface area contributed by atoms with Crippen LogP contribution in [0.4, 0.5) is 27.8 Å². The third-order valence-electron chi connectivity index (χ3n) is 2.46. The molecule has 0 fully saturated rings. The number of rotatable bonds is 1. The largest absolute Gasteiger partial charge is 0.383 e. The highest BCUT2D eigenvalue weighted by Gasteiger charge is 2.28. The molecule has 1 aromatic carbocycles. The minimum atomic E-state index is -2.21. The maximum Gasteiger partial charge on any atom is 0.200 e. The van der Waals surface area contributed by atoms with Gasteiger partial charge in [-0.25, -0.2) is 22.0 Å². The number of nitrogens with two attached hydrogens (primary N) is 1. The average Bonchev–Trinajstić information content (AvgIpc) is 2.66. The summed E-state index contributed by atoms with van der Waals surface area (Å²) in [6.07, 6.45) is 0.924. The van der Waals surface area contributed by atoms with E-state index >= 15 is 0 Å². The number of halogens is 5. The predicted molar refractivity (Wildman–Crippen MR) is 52.8 cm³/mol. The van der Waals surface area contributed by atoms with Crippen molar-refractivity contribution < 1.29 is 22.0 Å². The topological polar surface area (TPSA) is 43.8 Å². The van der Waals surface area contributed by atoms with Crippen LogP contribution in [-0.4, -0.2) is 9.78 Å². The van der Waals surface area contributed by atoms with Crippen LogP contribution in [0.5, 0.6) is 0 Å². The van der Waals surface area contributed by atoms with Crippen LogP contribution in [0.3, 0.4) is 0 Å². The van der Waals surface area contributed by atoms with Gasteiger partial charge in [-0.15, -0.1) is 0 Å². The van der Waals surface area contributed by atoms with Gasteiger partial charge < -0.3 is 5.73 Å². The highest BCUT2D eigenvalue weighted by molar-refractivity contribution is 5.74. The minimum Gasteiger partial charge on any atom is -0.383 e. The Kier molecular flexibility index (Phi) is 2.72. The molecule has 0 amide bonds. The summed E-state index contributed by atoms with van der Waals surface area (Å²) in [4.78, 5) is 0. The number of aromatic nitrogens is 2. The summed E-state index contributed by atoms with van der Waals surface area (Å²) in [5.74, 6) is -10.3. The zero-order valence-electron chi connectivity index (χ0n) is 8.94. The van der Waals surface area contributed by atoms with Crippen molar-refractivity contribution >= 4 is 5.82 Å². The van der Waals surface area contributed by atoms with E-state index in [0.717, 1.165) is 10.9 Å². The Bertz CT molecular complexity index is 606. The van der Waals surface area contributed by atoms with Gasteiger partial charge >= 0.3 is 0 Å². The highest BCUT2D eigenvalue weighted by atomic mass is 19.2. The summed E-state index contributed by atoms with van der Waals surface area (Å²) in [6.45, 7) is 0. The minimum absolute atomic E-state index is 0.210. The summed E-state index contributed by atoms with van der Waals surface area (Å²) >= 11 is 0. The van der Waals surface area contributed by atoms with Gasteiger partial charge in [-0.1, -0.05) is 0 Å². The molecule has 0 saturated carbocycles. The highest BCUT2D eigenvalue weighted by Crippen LogP contribution is 2.34. The first-order valence-corrected chi connectivity index (χ1v) is 4.65. The molecule has 0 atom stereocenters. The Labute approximate surface area is 97.6 Å². The van der Waals surface area contributed by atoms with Crippen LogP contribution >= 0.6 is 0 Å². The van der Waals surface area contributed by atoms with Gasteiger partial charge in [-0.05, 0) is 0 Å². The molecular weight excluding hydrogens is 257 g/mol.